The van der Waals surface area contributed by atoms with Crippen LogP contribution < -0.4 is 17.7 Å². The highest BCUT2D eigenvalue weighted by Crippen LogP contribution is 2.37. The predicted molar refractivity (Wildman–Crippen MR) is 109 cm³/mol. The molecule has 0 aliphatic rings. The number of hydrogen-bond acceptors (Lipinski definition) is 6. The molecule has 1 N–H and O–H groups in total. The quantitative estimate of drug-likeness (QED) is 0.511. The van der Waals surface area contributed by atoms with Crippen LogP contribution in [0.5, 0.6) is 0 Å². The van der Waals surface area contributed by atoms with Gasteiger partial charge in [0.1, 0.15) is 17.0 Å². The summed E-state index contributed by atoms with van der Waals surface area (Å²) in [6.45, 7) is 2.15. The van der Waals surface area contributed by atoms with Crippen molar-refractivity contribution in [1.29, 1.82) is 0 Å². The summed E-state index contributed by atoms with van der Waals surface area (Å²) in [6, 6.07) is 17.4. The van der Waals surface area contributed by atoms with Crippen molar-refractivity contribution in [1.82, 2.24) is 9.97 Å². The Hall–Kier alpha value is -2.96. The Labute approximate surface area is 172 Å². The predicted octanol–water partition coefficient (Wildman–Crippen LogP) is 2.28. The second-order valence-electron chi connectivity index (χ2n) is 5.84. The Balaban J connectivity index is 0.00000225. The topological polar surface area (TPSA) is 64.1 Å². The minimum Gasteiger partial charge on any atom is -1.00 e. The maximum Gasteiger partial charge on any atom is 0.338 e. The first-order valence-corrected chi connectivity index (χ1v) is 9.46. The van der Waals surface area contributed by atoms with E-state index in [1.807, 2.05) is 30.3 Å². The number of aromatic nitrogens is 2. The number of carbonyl (C=O) groups is 1. The first-order valence-electron chi connectivity index (χ1n) is 8.58. The summed E-state index contributed by atoms with van der Waals surface area (Å²) in [5, 5.41) is 6.43. The van der Waals surface area contributed by atoms with Crippen LogP contribution in [0.2, 0.25) is 0 Å². The van der Waals surface area contributed by atoms with E-state index in [-0.39, 0.29) is 18.4 Å². The van der Waals surface area contributed by atoms with Gasteiger partial charge >= 0.3 is 5.97 Å². The van der Waals surface area contributed by atoms with Crippen molar-refractivity contribution in [2.45, 2.75) is 6.92 Å². The number of hydrogen-bond donors (Lipinski definition) is 1. The van der Waals surface area contributed by atoms with E-state index in [2.05, 4.69) is 32.8 Å². The lowest BCUT2D eigenvalue weighted by atomic mass is 10.1. The molecule has 4 aromatic rings. The lowest BCUT2D eigenvalue weighted by molar-refractivity contribution is -0.0000233. The zero-order chi connectivity index (χ0) is 18.6. The van der Waals surface area contributed by atoms with Crippen molar-refractivity contribution in [3.63, 3.8) is 0 Å². The number of halogens is 1. The van der Waals surface area contributed by atoms with Gasteiger partial charge in [0, 0.05) is 16.6 Å². The van der Waals surface area contributed by atoms with Crippen molar-refractivity contribution < 1.29 is 21.9 Å². The van der Waals surface area contributed by atoms with Gasteiger partial charge in [0.2, 0.25) is 0 Å². The average Bonchev–Trinajstić information content (AvgIpc) is 3.15. The highest BCUT2D eigenvalue weighted by molar-refractivity contribution is 7.17. The van der Waals surface area contributed by atoms with Crippen LogP contribution in [0.25, 0.3) is 21.3 Å². The van der Waals surface area contributed by atoms with E-state index < -0.39 is 0 Å². The first-order chi connectivity index (χ1) is 13.3. The second kappa shape index (κ2) is 8.82. The zero-order valence-corrected chi connectivity index (χ0v) is 16.6. The lowest BCUT2D eigenvalue weighted by Crippen LogP contribution is -3.00. The van der Waals surface area contributed by atoms with Crippen LogP contribution >= 0.6 is 11.3 Å². The van der Waals surface area contributed by atoms with Gasteiger partial charge in [-0.3, -0.25) is 0 Å². The first kappa shape index (κ1) is 19.8. The fourth-order valence-electron chi connectivity index (χ4n) is 2.84. The van der Waals surface area contributed by atoms with Crippen molar-refractivity contribution in [3.8, 4) is 11.1 Å². The summed E-state index contributed by atoms with van der Waals surface area (Å²) >= 11 is 1.59. The molecule has 0 aliphatic carbocycles. The van der Waals surface area contributed by atoms with Crippen LogP contribution in [0.3, 0.4) is 0 Å². The summed E-state index contributed by atoms with van der Waals surface area (Å²) in [4.78, 5) is 21.6. The molecular weight excluding hydrogens is 394 g/mol. The number of ether oxygens (including phenoxy) is 1. The Morgan fingerprint density at radius 3 is 2.54 bits per heavy atom. The molecule has 0 fully saturated rings. The number of nitrogens with zero attached hydrogens (tertiary/aromatic N) is 2. The molecule has 28 heavy (non-hydrogen) atoms. The van der Waals surface area contributed by atoms with Gasteiger partial charge in [-0.2, -0.15) is 0 Å². The van der Waals surface area contributed by atoms with Gasteiger partial charge in [0.25, 0.3) is 0 Å². The summed E-state index contributed by atoms with van der Waals surface area (Å²) in [5.74, 6) is 0.418. The van der Waals surface area contributed by atoms with Gasteiger partial charge in [-0.15, -0.1) is 11.3 Å². The number of esters is 1. The Kier molecular flexibility index (Phi) is 6.23. The molecule has 0 atom stereocenters. The number of anilines is 2. The highest BCUT2D eigenvalue weighted by atomic mass is 35.5. The number of thiophene rings is 1. The van der Waals surface area contributed by atoms with Gasteiger partial charge in [-0.05, 0) is 36.8 Å². The molecule has 0 aliphatic heterocycles. The van der Waals surface area contributed by atoms with Crippen LogP contribution in [-0.4, -0.2) is 22.5 Å². The van der Waals surface area contributed by atoms with E-state index in [4.69, 9.17) is 4.74 Å². The number of carbonyl (C=O) groups excluding carboxylic acids is 1. The van der Waals surface area contributed by atoms with E-state index in [0.717, 1.165) is 32.8 Å². The van der Waals surface area contributed by atoms with E-state index >= 15 is 0 Å². The van der Waals surface area contributed by atoms with E-state index in [9.17, 15) is 4.79 Å². The molecule has 0 amide bonds. The Bertz CT molecular complexity index is 1080. The van der Waals surface area contributed by atoms with E-state index in [0.29, 0.717) is 12.2 Å². The zero-order valence-electron chi connectivity index (χ0n) is 15.1. The molecule has 0 saturated heterocycles. The third-order valence-electron chi connectivity index (χ3n) is 4.11. The van der Waals surface area contributed by atoms with Gasteiger partial charge < -0.3 is 22.5 Å². The molecule has 5 nitrogen and oxygen atoms in total. The average molecular weight is 411 g/mol. The number of nitrogens with one attached hydrogen (secondary N) is 1. The SMILES string of the molecule is CCOC(=O)c1ccc(Nc2ncnc3scc(-c4ccccc4)c23)cc1.[Cl-]. The minimum atomic E-state index is -0.322. The summed E-state index contributed by atoms with van der Waals surface area (Å²) in [7, 11) is 0. The monoisotopic (exact) mass is 410 g/mol. The molecule has 0 radical (unpaired) electrons. The molecule has 2 aromatic carbocycles. The minimum absolute atomic E-state index is 0. The molecule has 0 saturated carbocycles. The van der Waals surface area contributed by atoms with Crippen LogP contribution in [0.4, 0.5) is 11.5 Å². The lowest BCUT2D eigenvalue weighted by Gasteiger charge is -2.09. The second-order valence-corrected chi connectivity index (χ2v) is 6.70. The molecule has 2 heterocycles. The molecular formula is C21H17ClN3O2S-. The maximum atomic E-state index is 11.8. The smallest absolute Gasteiger partial charge is 0.338 e. The number of benzene rings is 2. The fourth-order valence-corrected chi connectivity index (χ4v) is 3.76. The third kappa shape index (κ3) is 3.98. The summed E-state index contributed by atoms with van der Waals surface area (Å²) in [5.41, 5.74) is 3.59. The standard InChI is InChI=1S/C21H17N3O2S.ClH/c1-2-26-21(25)15-8-10-16(11-9-15)24-19-18-17(14-6-4-3-5-7-14)12-27-20(18)23-13-22-19;/h3-13H,2H2,1H3,(H,22,23,24);1H/p-1. The van der Waals surface area contributed by atoms with Gasteiger partial charge in [-0.25, -0.2) is 14.8 Å². The Morgan fingerprint density at radius 2 is 1.82 bits per heavy atom. The normalized spacial score (nSPS) is 10.3. The molecule has 142 valence electrons. The number of fused-ring (bicyclic) bond motifs is 1. The number of rotatable bonds is 5. The fraction of sp³-hybridized carbons (Fsp3) is 0.0952. The molecule has 4 rings (SSSR count). The van der Waals surface area contributed by atoms with Gasteiger partial charge in [0.05, 0.1) is 17.6 Å². The molecule has 0 spiro atoms. The summed E-state index contributed by atoms with van der Waals surface area (Å²) < 4.78 is 5.02. The third-order valence-corrected chi connectivity index (χ3v) is 5.00. The van der Waals surface area contributed by atoms with Crippen molar-refractivity contribution >= 4 is 39.0 Å². The van der Waals surface area contributed by atoms with Crippen molar-refractivity contribution in [2.24, 2.45) is 0 Å². The van der Waals surface area contributed by atoms with Crippen LogP contribution in [0.1, 0.15) is 17.3 Å². The summed E-state index contributed by atoms with van der Waals surface area (Å²) in [6.07, 6.45) is 1.56. The largest absolute Gasteiger partial charge is 1.00 e. The van der Waals surface area contributed by atoms with Gasteiger partial charge in [0.15, 0.2) is 0 Å². The van der Waals surface area contributed by atoms with Gasteiger partial charge in [-0.1, -0.05) is 30.3 Å². The molecule has 0 unspecified atom stereocenters. The molecule has 7 heteroatoms. The van der Waals surface area contributed by atoms with Crippen LogP contribution in [-0.2, 0) is 4.74 Å². The molecule has 2 aromatic heterocycles. The van der Waals surface area contributed by atoms with E-state index in [1.165, 1.54) is 0 Å². The van der Waals surface area contributed by atoms with Crippen LogP contribution in [0, 0.1) is 0 Å². The van der Waals surface area contributed by atoms with E-state index in [1.54, 1.807) is 36.7 Å². The van der Waals surface area contributed by atoms with Crippen molar-refractivity contribution in [3.05, 3.63) is 71.9 Å². The van der Waals surface area contributed by atoms with Crippen molar-refractivity contribution in [2.75, 3.05) is 11.9 Å². The van der Waals surface area contributed by atoms with Crippen LogP contribution in [0.15, 0.2) is 66.3 Å². The maximum absolute atomic E-state index is 11.8. The molecule has 0 bridgehead atoms. The Morgan fingerprint density at radius 1 is 1.07 bits per heavy atom. The highest BCUT2D eigenvalue weighted by Gasteiger charge is 2.13.